The minimum Gasteiger partial charge on any atom is -0.496 e. The van der Waals surface area contributed by atoms with Crippen molar-refractivity contribution >= 4 is 5.91 Å². The van der Waals surface area contributed by atoms with E-state index < -0.39 is 5.54 Å². The number of ether oxygens (including phenoxy) is 1. The van der Waals surface area contributed by atoms with Crippen LogP contribution >= 0.6 is 0 Å². The molecular formula is C16H24N2O2. The predicted molar refractivity (Wildman–Crippen MR) is 79.4 cm³/mol. The quantitative estimate of drug-likeness (QED) is 0.867. The first-order valence-corrected chi connectivity index (χ1v) is 7.11. The van der Waals surface area contributed by atoms with Crippen LogP contribution in [0.2, 0.25) is 0 Å². The number of nitrogens with zero attached hydrogens (tertiary/aromatic N) is 1. The number of hydrogen-bond donors (Lipinski definition) is 1. The molecule has 0 aliphatic heterocycles. The fraction of sp³-hybridized carbons (Fsp3) is 0.562. The first kappa shape index (κ1) is 14.9. The average Bonchev–Trinajstić information content (AvgIpc) is 3.18. The molecule has 0 atom stereocenters. The Hall–Kier alpha value is -1.55. The van der Waals surface area contributed by atoms with Crippen molar-refractivity contribution in [2.24, 2.45) is 5.73 Å². The Morgan fingerprint density at radius 3 is 2.60 bits per heavy atom. The molecule has 0 spiro atoms. The molecule has 2 rings (SSSR count). The minimum atomic E-state index is -0.467. The first-order chi connectivity index (χ1) is 9.40. The summed E-state index contributed by atoms with van der Waals surface area (Å²) in [7, 11) is 1.66. The summed E-state index contributed by atoms with van der Waals surface area (Å²) in [6.45, 7) is 4.38. The highest BCUT2D eigenvalue weighted by Gasteiger charge is 2.34. The van der Waals surface area contributed by atoms with E-state index >= 15 is 0 Å². The summed E-state index contributed by atoms with van der Waals surface area (Å²) in [5.41, 5.74) is 6.55. The van der Waals surface area contributed by atoms with E-state index in [4.69, 9.17) is 10.5 Å². The van der Waals surface area contributed by atoms with Gasteiger partial charge in [0.25, 0.3) is 0 Å². The van der Waals surface area contributed by atoms with Crippen LogP contribution in [0.15, 0.2) is 24.3 Å². The molecule has 4 heteroatoms. The summed E-state index contributed by atoms with van der Waals surface area (Å²) in [5.74, 6) is 0.962. The average molecular weight is 276 g/mol. The molecule has 0 bridgehead atoms. The second-order valence-corrected chi connectivity index (χ2v) is 6.23. The van der Waals surface area contributed by atoms with Gasteiger partial charge in [0, 0.05) is 30.1 Å². The number of rotatable bonds is 6. The lowest BCUT2D eigenvalue weighted by atomic mass is 10.0. The molecule has 1 saturated carbocycles. The van der Waals surface area contributed by atoms with Gasteiger partial charge in [-0.05, 0) is 32.8 Å². The molecule has 0 saturated heterocycles. The number of carbonyl (C=O) groups excluding carboxylic acids is 1. The minimum absolute atomic E-state index is 0.130. The van der Waals surface area contributed by atoms with Gasteiger partial charge in [-0.1, -0.05) is 18.2 Å². The van der Waals surface area contributed by atoms with E-state index in [1.165, 1.54) is 0 Å². The van der Waals surface area contributed by atoms with Crippen LogP contribution < -0.4 is 10.5 Å². The van der Waals surface area contributed by atoms with Crippen LogP contribution in [0.3, 0.4) is 0 Å². The van der Waals surface area contributed by atoms with Gasteiger partial charge in [-0.3, -0.25) is 4.79 Å². The van der Waals surface area contributed by atoms with Crippen LogP contribution in [0.1, 0.15) is 38.7 Å². The topological polar surface area (TPSA) is 55.6 Å². The smallest absolute Gasteiger partial charge is 0.224 e. The van der Waals surface area contributed by atoms with Gasteiger partial charge in [0.15, 0.2) is 0 Å². The third-order valence-electron chi connectivity index (χ3n) is 3.45. The zero-order valence-corrected chi connectivity index (χ0v) is 12.6. The van der Waals surface area contributed by atoms with Crippen LogP contribution in [0, 0.1) is 0 Å². The molecule has 4 nitrogen and oxygen atoms in total. The van der Waals surface area contributed by atoms with E-state index in [1.54, 1.807) is 7.11 Å². The molecule has 1 aromatic rings. The standard InChI is InChI=1S/C16H24N2O2/c1-16(2,17)10-15(19)18(13-8-9-13)11-12-6-4-5-7-14(12)20-3/h4-7,13H,8-11,17H2,1-3H3. The van der Waals surface area contributed by atoms with E-state index in [2.05, 4.69) is 0 Å². The van der Waals surface area contributed by atoms with Gasteiger partial charge in [0.05, 0.1) is 7.11 Å². The molecule has 2 N–H and O–H groups in total. The van der Waals surface area contributed by atoms with Gasteiger partial charge < -0.3 is 15.4 Å². The molecule has 1 aliphatic rings. The van der Waals surface area contributed by atoms with Crippen LogP contribution in [-0.4, -0.2) is 29.5 Å². The number of methoxy groups -OCH3 is 1. The van der Waals surface area contributed by atoms with Crippen molar-refractivity contribution in [1.82, 2.24) is 4.90 Å². The van der Waals surface area contributed by atoms with Gasteiger partial charge in [-0.25, -0.2) is 0 Å². The zero-order valence-electron chi connectivity index (χ0n) is 12.6. The van der Waals surface area contributed by atoms with E-state index in [-0.39, 0.29) is 5.91 Å². The van der Waals surface area contributed by atoms with Crippen molar-refractivity contribution in [3.8, 4) is 5.75 Å². The molecule has 0 heterocycles. The highest BCUT2D eigenvalue weighted by atomic mass is 16.5. The highest BCUT2D eigenvalue weighted by molar-refractivity contribution is 5.78. The third-order valence-corrected chi connectivity index (χ3v) is 3.45. The van der Waals surface area contributed by atoms with Crippen LogP contribution in [0.4, 0.5) is 0 Å². The number of nitrogens with two attached hydrogens (primary N) is 1. The van der Waals surface area contributed by atoms with Crippen molar-refractivity contribution in [2.45, 2.75) is 51.2 Å². The van der Waals surface area contributed by atoms with Crippen LogP contribution in [-0.2, 0) is 11.3 Å². The molecule has 110 valence electrons. The fourth-order valence-corrected chi connectivity index (χ4v) is 2.32. The molecule has 20 heavy (non-hydrogen) atoms. The third kappa shape index (κ3) is 3.97. The summed E-state index contributed by atoms with van der Waals surface area (Å²) in [6.07, 6.45) is 2.55. The summed E-state index contributed by atoms with van der Waals surface area (Å²) >= 11 is 0. The maximum atomic E-state index is 12.4. The molecule has 0 unspecified atom stereocenters. The molecule has 0 aromatic heterocycles. The van der Waals surface area contributed by atoms with Gasteiger partial charge in [-0.2, -0.15) is 0 Å². The first-order valence-electron chi connectivity index (χ1n) is 7.11. The molecule has 1 amide bonds. The van der Waals surface area contributed by atoms with Crippen molar-refractivity contribution in [1.29, 1.82) is 0 Å². The van der Waals surface area contributed by atoms with E-state index in [0.717, 1.165) is 24.2 Å². The Bertz CT molecular complexity index is 476. The van der Waals surface area contributed by atoms with Gasteiger partial charge in [0.2, 0.25) is 5.91 Å². The fourth-order valence-electron chi connectivity index (χ4n) is 2.32. The Morgan fingerprint density at radius 1 is 1.40 bits per heavy atom. The van der Waals surface area contributed by atoms with Gasteiger partial charge >= 0.3 is 0 Å². The second kappa shape index (κ2) is 5.83. The van der Waals surface area contributed by atoms with E-state index in [0.29, 0.717) is 19.0 Å². The summed E-state index contributed by atoms with van der Waals surface area (Å²) in [6, 6.07) is 8.22. The monoisotopic (exact) mass is 276 g/mol. The predicted octanol–water partition coefficient (Wildman–Crippen LogP) is 2.31. The van der Waals surface area contributed by atoms with Gasteiger partial charge in [-0.15, -0.1) is 0 Å². The van der Waals surface area contributed by atoms with Gasteiger partial charge in [0.1, 0.15) is 5.75 Å². The number of carbonyl (C=O) groups is 1. The molecular weight excluding hydrogens is 252 g/mol. The SMILES string of the molecule is COc1ccccc1CN(C(=O)CC(C)(C)N)C1CC1. The van der Waals surface area contributed by atoms with Crippen LogP contribution in [0.5, 0.6) is 5.75 Å². The van der Waals surface area contributed by atoms with Crippen molar-refractivity contribution < 1.29 is 9.53 Å². The number of hydrogen-bond acceptors (Lipinski definition) is 3. The largest absolute Gasteiger partial charge is 0.496 e. The number of para-hydroxylation sites is 1. The molecule has 1 aromatic carbocycles. The maximum absolute atomic E-state index is 12.4. The number of benzene rings is 1. The Morgan fingerprint density at radius 2 is 2.05 bits per heavy atom. The Labute approximate surface area is 120 Å². The lowest BCUT2D eigenvalue weighted by molar-refractivity contribution is -0.133. The van der Waals surface area contributed by atoms with Crippen molar-refractivity contribution in [3.63, 3.8) is 0 Å². The normalized spacial score (nSPS) is 15.0. The lowest BCUT2D eigenvalue weighted by Crippen LogP contribution is -2.41. The summed E-state index contributed by atoms with van der Waals surface area (Å²) < 4.78 is 5.36. The Kier molecular flexibility index (Phi) is 4.33. The highest BCUT2D eigenvalue weighted by Crippen LogP contribution is 2.31. The number of amides is 1. The lowest BCUT2D eigenvalue weighted by Gasteiger charge is -2.27. The van der Waals surface area contributed by atoms with Crippen molar-refractivity contribution in [3.05, 3.63) is 29.8 Å². The molecule has 1 fully saturated rings. The molecule has 1 aliphatic carbocycles. The Balaban J connectivity index is 2.12. The summed E-state index contributed by atoms with van der Waals surface area (Å²) in [4.78, 5) is 14.4. The summed E-state index contributed by atoms with van der Waals surface area (Å²) in [5, 5.41) is 0. The molecule has 0 radical (unpaired) electrons. The maximum Gasteiger partial charge on any atom is 0.224 e. The van der Waals surface area contributed by atoms with E-state index in [9.17, 15) is 4.79 Å². The zero-order chi connectivity index (χ0) is 14.8. The van der Waals surface area contributed by atoms with Crippen molar-refractivity contribution in [2.75, 3.05) is 7.11 Å². The second-order valence-electron chi connectivity index (χ2n) is 6.23. The van der Waals surface area contributed by atoms with Crippen LogP contribution in [0.25, 0.3) is 0 Å². The van der Waals surface area contributed by atoms with E-state index in [1.807, 2.05) is 43.0 Å².